The summed E-state index contributed by atoms with van der Waals surface area (Å²) in [6, 6.07) is 13.2. The molecule has 0 atom stereocenters. The average Bonchev–Trinajstić information content (AvgIpc) is 2.87. The van der Waals surface area contributed by atoms with Crippen molar-refractivity contribution in [1.29, 1.82) is 10.5 Å². The second-order valence-electron chi connectivity index (χ2n) is 8.08. The Hall–Kier alpha value is -4.12. The molecule has 36 heavy (non-hydrogen) atoms. The van der Waals surface area contributed by atoms with Gasteiger partial charge in [-0.15, -0.1) is 0 Å². The van der Waals surface area contributed by atoms with Crippen LogP contribution in [0.4, 0.5) is 0 Å². The number of benzene rings is 2. The van der Waals surface area contributed by atoms with Crippen molar-refractivity contribution in [3.8, 4) is 23.6 Å². The van der Waals surface area contributed by atoms with Gasteiger partial charge in [0.15, 0.2) is 0 Å². The van der Waals surface area contributed by atoms with Gasteiger partial charge in [0.05, 0.1) is 29.4 Å². The Kier molecular flexibility index (Phi) is 11.2. The van der Waals surface area contributed by atoms with Crippen molar-refractivity contribution in [3.05, 3.63) is 58.7 Å². The van der Waals surface area contributed by atoms with Crippen molar-refractivity contribution < 1.29 is 28.5 Å². The third-order valence-electron chi connectivity index (χ3n) is 5.09. The quantitative estimate of drug-likeness (QED) is 0.383. The Labute approximate surface area is 211 Å². The van der Waals surface area contributed by atoms with Gasteiger partial charge in [-0.05, 0) is 57.5 Å². The molecule has 0 heterocycles. The number of likely N-dealkylation sites (N-methyl/N-ethyl adjacent to an activating group) is 2. The number of ether oxygens (including phenoxy) is 4. The summed E-state index contributed by atoms with van der Waals surface area (Å²) in [6.07, 6.45) is 0. The van der Waals surface area contributed by atoms with E-state index in [1.807, 2.05) is 37.0 Å². The SMILES string of the molecule is COC(=O)c1ccc(C#N)c(OCCN(C)CCOC(=O)c2ccc(C#N)c(OCCN(C)C)c2)c1. The van der Waals surface area contributed by atoms with Crippen LogP contribution in [-0.4, -0.2) is 89.4 Å². The van der Waals surface area contributed by atoms with Crippen molar-refractivity contribution in [1.82, 2.24) is 9.80 Å². The van der Waals surface area contributed by atoms with Crippen LogP contribution in [0.25, 0.3) is 0 Å². The minimum Gasteiger partial charge on any atom is -0.491 e. The Morgan fingerprint density at radius 2 is 1.28 bits per heavy atom. The van der Waals surface area contributed by atoms with Crippen LogP contribution in [0.5, 0.6) is 11.5 Å². The number of hydrogen-bond donors (Lipinski definition) is 0. The molecule has 190 valence electrons. The summed E-state index contributed by atoms with van der Waals surface area (Å²) in [4.78, 5) is 28.0. The molecule has 0 spiro atoms. The number of carbonyl (C=O) groups excluding carboxylic acids is 2. The van der Waals surface area contributed by atoms with E-state index in [1.54, 1.807) is 0 Å². The third-order valence-corrected chi connectivity index (χ3v) is 5.09. The number of carbonyl (C=O) groups is 2. The summed E-state index contributed by atoms with van der Waals surface area (Å²) >= 11 is 0. The van der Waals surface area contributed by atoms with Crippen molar-refractivity contribution in [3.63, 3.8) is 0 Å². The van der Waals surface area contributed by atoms with E-state index in [-0.39, 0.29) is 13.2 Å². The minimum absolute atomic E-state index is 0.146. The topological polar surface area (TPSA) is 125 Å². The second-order valence-corrected chi connectivity index (χ2v) is 8.08. The summed E-state index contributed by atoms with van der Waals surface area (Å²) in [6.45, 7) is 2.40. The van der Waals surface area contributed by atoms with Gasteiger partial charge < -0.3 is 23.8 Å². The zero-order chi connectivity index (χ0) is 26.5. The number of nitriles is 2. The van der Waals surface area contributed by atoms with Gasteiger partial charge in [0, 0.05) is 19.6 Å². The number of methoxy groups -OCH3 is 1. The molecule has 0 amide bonds. The lowest BCUT2D eigenvalue weighted by Crippen LogP contribution is -2.28. The van der Waals surface area contributed by atoms with E-state index in [0.717, 1.165) is 0 Å². The standard InChI is InChI=1S/C26H30N4O6/c1-29(2)9-12-34-24-16-20(6-8-22(24)18-28)26(32)36-14-11-30(3)10-13-35-23-15-19(25(31)33-4)5-7-21(23)17-27/h5-8,15-16H,9-14H2,1-4H3. The highest BCUT2D eigenvalue weighted by Crippen LogP contribution is 2.21. The predicted octanol–water partition coefficient (Wildman–Crippen LogP) is 2.32. The molecule has 0 radical (unpaired) electrons. The van der Waals surface area contributed by atoms with Gasteiger partial charge >= 0.3 is 11.9 Å². The molecule has 0 N–H and O–H groups in total. The molecule has 2 rings (SSSR count). The Morgan fingerprint density at radius 3 is 1.78 bits per heavy atom. The summed E-state index contributed by atoms with van der Waals surface area (Å²) in [5.74, 6) is -0.390. The highest BCUT2D eigenvalue weighted by Gasteiger charge is 2.14. The lowest BCUT2D eigenvalue weighted by molar-refractivity contribution is 0.0467. The van der Waals surface area contributed by atoms with Crippen LogP contribution in [-0.2, 0) is 9.47 Å². The normalized spacial score (nSPS) is 10.4. The Morgan fingerprint density at radius 1 is 0.778 bits per heavy atom. The van der Waals surface area contributed by atoms with E-state index in [2.05, 4.69) is 6.07 Å². The molecule has 0 aliphatic rings. The lowest BCUT2D eigenvalue weighted by atomic mass is 10.1. The first-order valence-electron chi connectivity index (χ1n) is 11.2. The first-order valence-corrected chi connectivity index (χ1v) is 11.2. The molecule has 0 fully saturated rings. The minimum atomic E-state index is -0.516. The van der Waals surface area contributed by atoms with Crippen LogP contribution in [0.2, 0.25) is 0 Å². The number of esters is 2. The van der Waals surface area contributed by atoms with Crippen LogP contribution in [0.3, 0.4) is 0 Å². The van der Waals surface area contributed by atoms with Crippen LogP contribution in [0.1, 0.15) is 31.8 Å². The number of hydrogen-bond acceptors (Lipinski definition) is 10. The molecule has 0 aliphatic carbocycles. The Balaban J connectivity index is 1.83. The summed E-state index contributed by atoms with van der Waals surface area (Å²) in [7, 11) is 6.95. The van der Waals surface area contributed by atoms with E-state index in [0.29, 0.717) is 60.0 Å². The number of rotatable bonds is 13. The molecule has 10 nitrogen and oxygen atoms in total. The van der Waals surface area contributed by atoms with E-state index in [4.69, 9.17) is 18.9 Å². The molecular formula is C26H30N4O6. The first-order chi connectivity index (χ1) is 17.3. The molecule has 0 bridgehead atoms. The zero-order valence-electron chi connectivity index (χ0n) is 20.9. The van der Waals surface area contributed by atoms with Gasteiger partial charge in [0.2, 0.25) is 0 Å². The van der Waals surface area contributed by atoms with E-state index in [9.17, 15) is 20.1 Å². The van der Waals surface area contributed by atoms with Crippen LogP contribution >= 0.6 is 0 Å². The summed E-state index contributed by atoms with van der Waals surface area (Å²) in [5.41, 5.74) is 1.25. The maximum absolute atomic E-state index is 12.5. The van der Waals surface area contributed by atoms with Gasteiger partial charge in [-0.25, -0.2) is 9.59 Å². The molecule has 0 unspecified atom stereocenters. The van der Waals surface area contributed by atoms with Gasteiger partial charge in [-0.3, -0.25) is 4.90 Å². The maximum Gasteiger partial charge on any atom is 0.338 e. The van der Waals surface area contributed by atoms with Crippen LogP contribution < -0.4 is 9.47 Å². The maximum atomic E-state index is 12.5. The van der Waals surface area contributed by atoms with Crippen molar-refractivity contribution in [2.24, 2.45) is 0 Å². The smallest absolute Gasteiger partial charge is 0.338 e. The highest BCUT2D eigenvalue weighted by atomic mass is 16.5. The van der Waals surface area contributed by atoms with Crippen molar-refractivity contribution in [2.45, 2.75) is 0 Å². The fourth-order valence-electron chi connectivity index (χ4n) is 2.98. The Bertz CT molecular complexity index is 1140. The van der Waals surface area contributed by atoms with E-state index >= 15 is 0 Å². The highest BCUT2D eigenvalue weighted by molar-refractivity contribution is 5.90. The van der Waals surface area contributed by atoms with Gasteiger partial charge in [-0.1, -0.05) is 0 Å². The predicted molar refractivity (Wildman–Crippen MR) is 131 cm³/mol. The van der Waals surface area contributed by atoms with E-state index < -0.39 is 11.9 Å². The van der Waals surface area contributed by atoms with Gasteiger partial charge in [0.25, 0.3) is 0 Å². The van der Waals surface area contributed by atoms with Gasteiger partial charge in [0.1, 0.15) is 43.5 Å². The van der Waals surface area contributed by atoms with Crippen molar-refractivity contribution in [2.75, 3.05) is 67.7 Å². The van der Waals surface area contributed by atoms with Crippen LogP contribution in [0.15, 0.2) is 36.4 Å². The molecule has 0 saturated carbocycles. The number of nitrogens with zero attached hydrogens (tertiary/aromatic N) is 4. The second kappa shape index (κ2) is 14.3. The average molecular weight is 495 g/mol. The largest absolute Gasteiger partial charge is 0.491 e. The summed E-state index contributed by atoms with van der Waals surface area (Å²) < 4.78 is 21.4. The fourth-order valence-corrected chi connectivity index (χ4v) is 2.98. The third kappa shape index (κ3) is 8.58. The van der Waals surface area contributed by atoms with E-state index in [1.165, 1.54) is 43.5 Å². The first kappa shape index (κ1) is 28.1. The lowest BCUT2D eigenvalue weighted by Gasteiger charge is -2.17. The molecule has 10 heteroatoms. The molecule has 0 saturated heterocycles. The fraction of sp³-hybridized carbons (Fsp3) is 0.385. The summed E-state index contributed by atoms with van der Waals surface area (Å²) in [5, 5.41) is 18.5. The van der Waals surface area contributed by atoms with Crippen LogP contribution in [0, 0.1) is 22.7 Å². The molecule has 2 aromatic carbocycles. The molecule has 0 aromatic heterocycles. The molecule has 2 aromatic rings. The monoisotopic (exact) mass is 494 g/mol. The zero-order valence-corrected chi connectivity index (χ0v) is 20.9. The van der Waals surface area contributed by atoms with Gasteiger partial charge in [-0.2, -0.15) is 10.5 Å². The molecule has 0 aliphatic heterocycles. The molecular weight excluding hydrogens is 464 g/mol. The van der Waals surface area contributed by atoms with Crippen molar-refractivity contribution >= 4 is 11.9 Å².